The highest BCUT2D eigenvalue weighted by Crippen LogP contribution is 2.19. The van der Waals surface area contributed by atoms with E-state index < -0.39 is 0 Å². The summed E-state index contributed by atoms with van der Waals surface area (Å²) in [6.07, 6.45) is 3.21. The van der Waals surface area contributed by atoms with Gasteiger partial charge in [0.05, 0.1) is 12.7 Å². The normalized spacial score (nSPS) is 30.8. The molecule has 2 aliphatic heterocycles. The van der Waals surface area contributed by atoms with Gasteiger partial charge in [-0.2, -0.15) is 0 Å². The second-order valence-corrected chi connectivity index (χ2v) is 5.32. The smallest absolute Gasteiger partial charge is 0.0674 e. The maximum Gasteiger partial charge on any atom is 0.0674 e. The lowest BCUT2D eigenvalue weighted by Gasteiger charge is -2.37. The van der Waals surface area contributed by atoms with Crippen molar-refractivity contribution in [3.8, 4) is 0 Å². The zero-order chi connectivity index (χ0) is 11.4. The van der Waals surface area contributed by atoms with Gasteiger partial charge in [-0.05, 0) is 45.3 Å². The summed E-state index contributed by atoms with van der Waals surface area (Å²) in [5, 5.41) is 0. The van der Waals surface area contributed by atoms with Gasteiger partial charge in [-0.3, -0.25) is 4.90 Å². The van der Waals surface area contributed by atoms with Crippen LogP contribution in [0.2, 0.25) is 0 Å². The van der Waals surface area contributed by atoms with Crippen molar-refractivity contribution in [1.29, 1.82) is 0 Å². The van der Waals surface area contributed by atoms with E-state index >= 15 is 0 Å². The molecule has 2 aliphatic rings. The second kappa shape index (κ2) is 5.99. The van der Waals surface area contributed by atoms with Gasteiger partial charge in [0.15, 0.2) is 0 Å². The van der Waals surface area contributed by atoms with Gasteiger partial charge in [0, 0.05) is 19.6 Å². The third-order valence-electron chi connectivity index (χ3n) is 4.00. The molecule has 0 aromatic carbocycles. The van der Waals surface area contributed by atoms with E-state index in [9.17, 15) is 0 Å². The number of ether oxygens (including phenoxy) is 1. The van der Waals surface area contributed by atoms with Gasteiger partial charge in [-0.1, -0.05) is 6.92 Å². The topological polar surface area (TPSA) is 15.7 Å². The molecule has 0 bridgehead atoms. The summed E-state index contributed by atoms with van der Waals surface area (Å²) in [6, 6.07) is 0. The molecule has 3 nitrogen and oxygen atoms in total. The fourth-order valence-corrected chi connectivity index (χ4v) is 2.91. The lowest BCUT2D eigenvalue weighted by molar-refractivity contribution is -0.0260. The summed E-state index contributed by atoms with van der Waals surface area (Å²) in [5.41, 5.74) is 0. The molecule has 0 saturated carbocycles. The van der Waals surface area contributed by atoms with Crippen molar-refractivity contribution >= 4 is 0 Å². The number of hydrogen-bond acceptors (Lipinski definition) is 3. The van der Waals surface area contributed by atoms with Gasteiger partial charge in [0.1, 0.15) is 0 Å². The third kappa shape index (κ3) is 3.44. The summed E-state index contributed by atoms with van der Waals surface area (Å²) >= 11 is 0. The van der Waals surface area contributed by atoms with Crippen LogP contribution >= 0.6 is 0 Å². The molecule has 0 aromatic heterocycles. The predicted octanol–water partition coefficient (Wildman–Crippen LogP) is 1.44. The first kappa shape index (κ1) is 12.3. The average molecular weight is 226 g/mol. The summed E-state index contributed by atoms with van der Waals surface area (Å²) < 4.78 is 5.58. The molecule has 0 N–H and O–H groups in total. The van der Waals surface area contributed by atoms with Gasteiger partial charge < -0.3 is 9.64 Å². The van der Waals surface area contributed by atoms with E-state index in [1.54, 1.807) is 0 Å². The van der Waals surface area contributed by atoms with Crippen molar-refractivity contribution in [2.24, 2.45) is 5.92 Å². The SMILES string of the molecule is CCN1CCC(CN2CCO[C@@H](C)C2)CC1. The van der Waals surface area contributed by atoms with Crippen LogP contribution in [0.1, 0.15) is 26.7 Å². The molecule has 0 amide bonds. The van der Waals surface area contributed by atoms with Crippen LogP contribution in [-0.2, 0) is 4.74 Å². The molecular formula is C13H26N2O. The Hall–Kier alpha value is -0.120. The molecule has 0 spiro atoms. The van der Waals surface area contributed by atoms with E-state index in [2.05, 4.69) is 23.6 Å². The van der Waals surface area contributed by atoms with Crippen LogP contribution in [0, 0.1) is 5.92 Å². The first-order chi connectivity index (χ1) is 7.78. The molecule has 94 valence electrons. The summed E-state index contributed by atoms with van der Waals surface area (Å²) in [5.74, 6) is 0.924. The highest BCUT2D eigenvalue weighted by Gasteiger charge is 2.23. The van der Waals surface area contributed by atoms with Crippen LogP contribution in [0.4, 0.5) is 0 Å². The Morgan fingerprint density at radius 3 is 2.50 bits per heavy atom. The van der Waals surface area contributed by atoms with Crippen LogP contribution in [0.15, 0.2) is 0 Å². The zero-order valence-corrected chi connectivity index (χ0v) is 10.8. The predicted molar refractivity (Wildman–Crippen MR) is 66.7 cm³/mol. The number of piperidine rings is 1. The molecule has 0 aliphatic carbocycles. The van der Waals surface area contributed by atoms with Crippen molar-refractivity contribution in [2.75, 3.05) is 45.9 Å². The van der Waals surface area contributed by atoms with Gasteiger partial charge in [-0.15, -0.1) is 0 Å². The van der Waals surface area contributed by atoms with E-state index in [1.807, 2.05) is 0 Å². The maximum atomic E-state index is 5.58. The second-order valence-electron chi connectivity index (χ2n) is 5.32. The largest absolute Gasteiger partial charge is 0.376 e. The van der Waals surface area contributed by atoms with Crippen LogP contribution in [0.5, 0.6) is 0 Å². The third-order valence-corrected chi connectivity index (χ3v) is 4.00. The molecule has 0 aromatic rings. The Balaban J connectivity index is 1.69. The minimum Gasteiger partial charge on any atom is -0.376 e. The minimum atomic E-state index is 0.435. The molecule has 0 radical (unpaired) electrons. The zero-order valence-electron chi connectivity index (χ0n) is 10.8. The number of hydrogen-bond donors (Lipinski definition) is 0. The Kier molecular flexibility index (Phi) is 4.62. The van der Waals surface area contributed by atoms with Crippen LogP contribution in [0.25, 0.3) is 0 Å². The summed E-state index contributed by atoms with van der Waals surface area (Å²) in [6.45, 7) is 12.8. The Morgan fingerprint density at radius 1 is 1.12 bits per heavy atom. The highest BCUT2D eigenvalue weighted by atomic mass is 16.5. The average Bonchev–Trinajstić information content (AvgIpc) is 2.30. The molecule has 3 heteroatoms. The lowest BCUT2D eigenvalue weighted by atomic mass is 9.96. The standard InChI is InChI=1S/C13H26N2O/c1-3-14-6-4-13(5-7-14)11-15-8-9-16-12(2)10-15/h12-13H,3-11H2,1-2H3/t12-/m0/s1. The van der Waals surface area contributed by atoms with E-state index in [0.717, 1.165) is 25.6 Å². The lowest BCUT2D eigenvalue weighted by Crippen LogP contribution is -2.45. The molecule has 2 heterocycles. The van der Waals surface area contributed by atoms with Crippen LogP contribution < -0.4 is 0 Å². The summed E-state index contributed by atoms with van der Waals surface area (Å²) in [4.78, 5) is 5.17. The monoisotopic (exact) mass is 226 g/mol. The minimum absolute atomic E-state index is 0.435. The van der Waals surface area contributed by atoms with E-state index in [4.69, 9.17) is 4.74 Å². The van der Waals surface area contributed by atoms with Crippen molar-refractivity contribution in [2.45, 2.75) is 32.8 Å². The fraction of sp³-hybridized carbons (Fsp3) is 1.00. The summed E-state index contributed by atoms with van der Waals surface area (Å²) in [7, 11) is 0. The molecule has 16 heavy (non-hydrogen) atoms. The van der Waals surface area contributed by atoms with Crippen molar-refractivity contribution < 1.29 is 4.74 Å². The van der Waals surface area contributed by atoms with E-state index in [-0.39, 0.29) is 0 Å². The Morgan fingerprint density at radius 2 is 1.88 bits per heavy atom. The van der Waals surface area contributed by atoms with Crippen LogP contribution in [-0.4, -0.2) is 61.8 Å². The van der Waals surface area contributed by atoms with Crippen molar-refractivity contribution in [3.05, 3.63) is 0 Å². The van der Waals surface area contributed by atoms with Gasteiger partial charge in [-0.25, -0.2) is 0 Å². The number of rotatable bonds is 3. The molecule has 2 fully saturated rings. The Bertz CT molecular complexity index is 202. The van der Waals surface area contributed by atoms with Crippen molar-refractivity contribution in [3.63, 3.8) is 0 Å². The number of likely N-dealkylation sites (tertiary alicyclic amines) is 1. The molecule has 0 unspecified atom stereocenters. The van der Waals surface area contributed by atoms with Gasteiger partial charge in [0.2, 0.25) is 0 Å². The number of morpholine rings is 1. The van der Waals surface area contributed by atoms with Crippen molar-refractivity contribution in [1.82, 2.24) is 9.80 Å². The molecular weight excluding hydrogens is 200 g/mol. The first-order valence-electron chi connectivity index (χ1n) is 6.84. The van der Waals surface area contributed by atoms with Gasteiger partial charge in [0.25, 0.3) is 0 Å². The first-order valence-corrected chi connectivity index (χ1v) is 6.84. The van der Waals surface area contributed by atoms with E-state index in [1.165, 1.54) is 39.0 Å². The number of nitrogens with zero attached hydrogens (tertiary/aromatic N) is 2. The molecule has 2 saturated heterocycles. The quantitative estimate of drug-likeness (QED) is 0.724. The fourth-order valence-electron chi connectivity index (χ4n) is 2.91. The van der Waals surface area contributed by atoms with Gasteiger partial charge >= 0.3 is 0 Å². The maximum absolute atomic E-state index is 5.58. The highest BCUT2D eigenvalue weighted by molar-refractivity contribution is 4.76. The van der Waals surface area contributed by atoms with Crippen LogP contribution in [0.3, 0.4) is 0 Å². The molecule has 1 atom stereocenters. The van der Waals surface area contributed by atoms with E-state index in [0.29, 0.717) is 6.10 Å². The molecule has 2 rings (SSSR count). The Labute approximate surface area is 99.7 Å².